The Balaban J connectivity index is 4.15. The molecule has 0 saturated heterocycles. The van der Waals surface area contributed by atoms with Gasteiger partial charge in [0.25, 0.3) is 0 Å². The minimum atomic E-state index is -1.08. The van der Waals surface area contributed by atoms with E-state index in [1.54, 1.807) is 0 Å². The summed E-state index contributed by atoms with van der Waals surface area (Å²) in [5.41, 5.74) is 0. The summed E-state index contributed by atoms with van der Waals surface area (Å²) in [6.45, 7) is 2.71. The molecule has 4 heteroatoms. The van der Waals surface area contributed by atoms with E-state index in [0.717, 1.165) is 0 Å². The van der Waals surface area contributed by atoms with Crippen LogP contribution in [0, 0.1) is 9.38 Å². The number of carbonyl (C=O) groups is 2. The van der Waals surface area contributed by atoms with Crippen LogP contribution in [0.1, 0.15) is 13.8 Å². The molecule has 0 rings (SSSR count). The van der Waals surface area contributed by atoms with Crippen molar-refractivity contribution in [3.63, 3.8) is 0 Å². The van der Waals surface area contributed by atoms with Gasteiger partial charge in [0, 0.05) is 0 Å². The summed E-state index contributed by atoms with van der Waals surface area (Å²) in [6, 6.07) is 0. The molecule has 10 heavy (non-hydrogen) atoms. The molecule has 0 N–H and O–H groups in total. The van der Waals surface area contributed by atoms with Crippen LogP contribution in [0.2, 0.25) is 3.97 Å². The third-order valence-corrected chi connectivity index (χ3v) is 3.78. The Morgan fingerprint density at radius 1 is 1.40 bits per heavy atom. The molecule has 0 amide bonds. The first kappa shape index (κ1) is 9.62. The molecule has 3 nitrogen and oxygen atoms in total. The Kier molecular flexibility index (Phi) is 4.27. The fourth-order valence-electron chi connectivity index (χ4n) is 0.505. The number of Topliss-reactive ketones (excluding diaryl/α,β-unsaturated/α-hetero) is 2. The van der Waals surface area contributed by atoms with E-state index in [4.69, 9.17) is 5.26 Å². The molecular weight excluding hydrogens is 246 g/mol. The molecule has 0 spiro atoms. The van der Waals surface area contributed by atoms with Crippen LogP contribution in [0.25, 0.3) is 0 Å². The van der Waals surface area contributed by atoms with Crippen molar-refractivity contribution in [3.8, 4) is 4.12 Å². The van der Waals surface area contributed by atoms with Crippen molar-refractivity contribution in [1.82, 2.24) is 0 Å². The van der Waals surface area contributed by atoms with Crippen LogP contribution >= 0.6 is 0 Å². The first-order valence-electron chi connectivity index (χ1n) is 2.65. The molecule has 0 bridgehead atoms. The van der Waals surface area contributed by atoms with E-state index in [0.29, 0.717) is 0 Å². The van der Waals surface area contributed by atoms with E-state index in [1.807, 2.05) is 4.12 Å². The van der Waals surface area contributed by atoms with Gasteiger partial charge in [-0.25, -0.2) is 0 Å². The topological polar surface area (TPSA) is 57.9 Å². The van der Waals surface area contributed by atoms with Gasteiger partial charge in [0.05, 0.1) is 0 Å². The van der Waals surface area contributed by atoms with Crippen molar-refractivity contribution in [1.29, 1.82) is 5.26 Å². The quantitative estimate of drug-likeness (QED) is 0.530. The maximum absolute atomic E-state index is 10.6. The fraction of sp³-hybridized carbons (Fsp3) is 0.500. The number of hydrogen-bond acceptors (Lipinski definition) is 3. The summed E-state index contributed by atoms with van der Waals surface area (Å²) < 4.78 is 1.35. The molecule has 0 aromatic carbocycles. The molecule has 0 fully saturated rings. The van der Waals surface area contributed by atoms with Gasteiger partial charge < -0.3 is 0 Å². The molecule has 0 aliphatic heterocycles. The summed E-state index contributed by atoms with van der Waals surface area (Å²) in [4.78, 5) is 21.3. The van der Waals surface area contributed by atoms with E-state index in [9.17, 15) is 9.59 Å². The summed E-state index contributed by atoms with van der Waals surface area (Å²) in [5, 5.41) is 8.24. The van der Waals surface area contributed by atoms with Crippen LogP contribution < -0.4 is 0 Å². The van der Waals surface area contributed by atoms with E-state index < -0.39 is 24.9 Å². The van der Waals surface area contributed by atoms with Gasteiger partial charge in [-0.15, -0.1) is 0 Å². The molecular formula is C6H7NO2Te. The molecule has 0 aliphatic rings. The van der Waals surface area contributed by atoms with Gasteiger partial charge in [-0.1, -0.05) is 0 Å². The van der Waals surface area contributed by atoms with Crippen molar-refractivity contribution in [2.75, 3.05) is 0 Å². The first-order chi connectivity index (χ1) is 4.59. The molecule has 0 saturated carbocycles. The van der Waals surface area contributed by atoms with Crippen molar-refractivity contribution >= 4 is 32.5 Å². The van der Waals surface area contributed by atoms with Gasteiger partial charge in [0.15, 0.2) is 0 Å². The third kappa shape index (κ3) is 2.96. The molecule has 0 aromatic rings. The molecule has 0 atom stereocenters. The Morgan fingerprint density at radius 3 is 1.90 bits per heavy atom. The van der Waals surface area contributed by atoms with Crippen LogP contribution in [0.4, 0.5) is 0 Å². The molecule has 0 unspecified atom stereocenters. The van der Waals surface area contributed by atoms with E-state index in [2.05, 4.69) is 0 Å². The molecule has 0 aromatic heterocycles. The second-order valence-corrected chi connectivity index (χ2v) is 4.35. The maximum atomic E-state index is 10.6. The average Bonchev–Trinajstić information content (AvgIpc) is 1.81. The van der Waals surface area contributed by atoms with Crippen molar-refractivity contribution in [2.24, 2.45) is 0 Å². The zero-order chi connectivity index (χ0) is 8.15. The Bertz CT molecular complexity index is 180. The number of ketones is 2. The fourth-order valence-corrected chi connectivity index (χ4v) is 1.75. The number of nitrogens with zero attached hydrogens (tertiary/aromatic N) is 1. The molecule has 0 aliphatic carbocycles. The summed E-state index contributed by atoms with van der Waals surface area (Å²) >= 11 is -1.08. The second-order valence-electron chi connectivity index (χ2n) is 1.81. The summed E-state index contributed by atoms with van der Waals surface area (Å²) in [5.74, 6) is -0.340. The zero-order valence-corrected chi connectivity index (χ0v) is 8.08. The van der Waals surface area contributed by atoms with Gasteiger partial charge in [0.2, 0.25) is 0 Å². The van der Waals surface area contributed by atoms with Gasteiger partial charge >= 0.3 is 69.3 Å². The first-order valence-corrected chi connectivity index (χ1v) is 5.16. The predicted molar refractivity (Wildman–Crippen MR) is 36.5 cm³/mol. The zero-order valence-electron chi connectivity index (χ0n) is 5.75. The monoisotopic (exact) mass is 255 g/mol. The Morgan fingerprint density at radius 2 is 1.80 bits per heavy atom. The number of hydrogen-bond donors (Lipinski definition) is 0. The second kappa shape index (κ2) is 4.44. The van der Waals surface area contributed by atoms with E-state index in [1.165, 1.54) is 13.8 Å². The predicted octanol–water partition coefficient (Wildman–Crippen LogP) is 0.138. The molecule has 0 radical (unpaired) electrons. The molecule has 0 heterocycles. The van der Waals surface area contributed by atoms with Gasteiger partial charge in [-0.3, -0.25) is 0 Å². The number of carbonyl (C=O) groups excluding carboxylic acids is 2. The van der Waals surface area contributed by atoms with Gasteiger partial charge in [0.1, 0.15) is 0 Å². The van der Waals surface area contributed by atoms with Crippen molar-refractivity contribution in [2.45, 2.75) is 17.8 Å². The minimum absolute atomic E-state index is 0.170. The standard InChI is InChI=1S/C6H7NO2Te/c1-4(8)6(5(2)9)10-3-7/h6H,1-2H3. The normalized spacial score (nSPS) is 9.00. The van der Waals surface area contributed by atoms with Gasteiger partial charge in [-0.2, -0.15) is 0 Å². The Labute approximate surface area is 69.5 Å². The van der Waals surface area contributed by atoms with Crippen LogP contribution in [0.5, 0.6) is 0 Å². The third-order valence-electron chi connectivity index (χ3n) is 0.909. The van der Waals surface area contributed by atoms with Crippen LogP contribution in [0.3, 0.4) is 0 Å². The van der Waals surface area contributed by atoms with Crippen molar-refractivity contribution in [3.05, 3.63) is 0 Å². The van der Waals surface area contributed by atoms with Gasteiger partial charge in [-0.05, 0) is 0 Å². The Hall–Kier alpha value is -0.380. The number of nitriles is 1. The van der Waals surface area contributed by atoms with Crippen LogP contribution in [0.15, 0.2) is 0 Å². The summed E-state index contributed by atoms with van der Waals surface area (Å²) in [7, 11) is 0. The van der Waals surface area contributed by atoms with Crippen LogP contribution in [-0.4, -0.2) is 32.5 Å². The summed E-state index contributed by atoms with van der Waals surface area (Å²) in [6.07, 6.45) is 0. The average molecular weight is 253 g/mol. The van der Waals surface area contributed by atoms with Crippen LogP contribution in [-0.2, 0) is 9.59 Å². The van der Waals surface area contributed by atoms with Crippen molar-refractivity contribution < 1.29 is 9.59 Å². The number of rotatable bonds is 3. The molecule has 54 valence electrons. The van der Waals surface area contributed by atoms with E-state index >= 15 is 0 Å². The van der Waals surface area contributed by atoms with E-state index in [-0.39, 0.29) is 11.6 Å². The SMILES string of the molecule is CC(=O)C([Te]C#N)C(C)=O.